The fourth-order valence-electron chi connectivity index (χ4n) is 2.49. The molecule has 1 unspecified atom stereocenters. The highest BCUT2D eigenvalue weighted by Crippen LogP contribution is 2.32. The van der Waals surface area contributed by atoms with Gasteiger partial charge in [0.2, 0.25) is 0 Å². The molecule has 0 radical (unpaired) electrons. The Morgan fingerprint density at radius 1 is 1.26 bits per heavy atom. The minimum atomic E-state index is 0.457. The quantitative estimate of drug-likeness (QED) is 0.764. The molecule has 0 amide bonds. The summed E-state index contributed by atoms with van der Waals surface area (Å²) in [7, 11) is 0. The zero-order valence-corrected chi connectivity index (χ0v) is 13.3. The van der Waals surface area contributed by atoms with Crippen LogP contribution in [0.3, 0.4) is 0 Å². The zero-order chi connectivity index (χ0) is 13.7. The second-order valence-corrected chi connectivity index (χ2v) is 7.12. The fourth-order valence-corrected chi connectivity index (χ4v) is 3.78. The van der Waals surface area contributed by atoms with Crippen molar-refractivity contribution < 1.29 is 4.74 Å². The number of rotatable bonds is 7. The highest BCUT2D eigenvalue weighted by Gasteiger charge is 2.16. The highest BCUT2D eigenvalue weighted by atomic mass is 32.1. The van der Waals surface area contributed by atoms with Crippen LogP contribution in [0.4, 0.5) is 0 Å². The Labute approximate surface area is 121 Å². The molecule has 1 aliphatic rings. The topological polar surface area (TPSA) is 21.3 Å². The third kappa shape index (κ3) is 4.59. The molecule has 1 aliphatic carbocycles. The first-order chi connectivity index (χ1) is 9.16. The third-order valence-corrected chi connectivity index (χ3v) is 5.01. The number of ether oxygens (including phenoxy) is 1. The molecule has 2 nitrogen and oxygen atoms in total. The van der Waals surface area contributed by atoms with Crippen LogP contribution >= 0.6 is 11.3 Å². The van der Waals surface area contributed by atoms with Crippen LogP contribution in [0.25, 0.3) is 0 Å². The van der Waals surface area contributed by atoms with Crippen LogP contribution in [-0.2, 0) is 17.6 Å². The molecule has 3 heteroatoms. The summed E-state index contributed by atoms with van der Waals surface area (Å²) < 4.78 is 5.60. The summed E-state index contributed by atoms with van der Waals surface area (Å²) in [5, 5.41) is 3.57. The molecule has 0 saturated heterocycles. The monoisotopic (exact) mass is 281 g/mol. The molecular weight excluding hydrogens is 254 g/mol. The Morgan fingerprint density at radius 3 is 2.79 bits per heavy atom. The van der Waals surface area contributed by atoms with Gasteiger partial charge in [0.15, 0.2) is 0 Å². The predicted molar refractivity (Wildman–Crippen MR) is 83.0 cm³/mol. The maximum absolute atomic E-state index is 5.60. The molecule has 0 saturated carbocycles. The number of hydrogen-bond acceptors (Lipinski definition) is 3. The molecule has 1 atom stereocenters. The zero-order valence-electron chi connectivity index (χ0n) is 12.5. The maximum Gasteiger partial charge on any atom is 0.0591 e. The van der Waals surface area contributed by atoms with Crippen molar-refractivity contribution in [3.63, 3.8) is 0 Å². The summed E-state index contributed by atoms with van der Waals surface area (Å²) in [6.07, 6.45) is 5.33. The Kier molecular flexibility index (Phi) is 5.86. The molecule has 19 heavy (non-hydrogen) atoms. The first-order valence-corrected chi connectivity index (χ1v) is 8.41. The van der Waals surface area contributed by atoms with Crippen LogP contribution in [0, 0.1) is 5.92 Å². The molecule has 0 aliphatic heterocycles. The molecule has 0 spiro atoms. The Morgan fingerprint density at radius 2 is 2.05 bits per heavy atom. The van der Waals surface area contributed by atoms with E-state index in [0.717, 1.165) is 19.8 Å². The van der Waals surface area contributed by atoms with Gasteiger partial charge in [0.05, 0.1) is 6.61 Å². The van der Waals surface area contributed by atoms with Crippen molar-refractivity contribution in [2.24, 2.45) is 5.92 Å². The summed E-state index contributed by atoms with van der Waals surface area (Å²) in [6.45, 7) is 9.26. The second-order valence-electron chi connectivity index (χ2n) is 5.95. The van der Waals surface area contributed by atoms with Crippen molar-refractivity contribution in [1.82, 2.24) is 5.32 Å². The summed E-state index contributed by atoms with van der Waals surface area (Å²) in [5.74, 6) is 0.626. The van der Waals surface area contributed by atoms with Gasteiger partial charge in [0.1, 0.15) is 0 Å². The van der Waals surface area contributed by atoms with Crippen LogP contribution in [0.1, 0.15) is 55.0 Å². The first kappa shape index (κ1) is 15.0. The van der Waals surface area contributed by atoms with E-state index < -0.39 is 0 Å². The van der Waals surface area contributed by atoms with Gasteiger partial charge in [-0.05, 0) is 50.2 Å². The van der Waals surface area contributed by atoms with Crippen LogP contribution < -0.4 is 5.32 Å². The van der Waals surface area contributed by atoms with Gasteiger partial charge in [-0.3, -0.25) is 0 Å². The van der Waals surface area contributed by atoms with Crippen LogP contribution in [0.2, 0.25) is 0 Å². The Balaban J connectivity index is 1.73. The Bertz CT molecular complexity index is 363. The lowest BCUT2D eigenvalue weighted by Gasteiger charge is -2.13. The van der Waals surface area contributed by atoms with Gasteiger partial charge in [-0.15, -0.1) is 11.3 Å². The van der Waals surface area contributed by atoms with E-state index in [1.54, 1.807) is 10.4 Å². The molecule has 1 N–H and O–H groups in total. The molecular formula is C16H27NOS. The molecule has 0 fully saturated rings. The predicted octanol–water partition coefficient (Wildman–Crippen LogP) is 3.95. The van der Waals surface area contributed by atoms with Gasteiger partial charge >= 0.3 is 0 Å². The lowest BCUT2D eigenvalue weighted by Crippen LogP contribution is -2.23. The van der Waals surface area contributed by atoms with Crippen molar-refractivity contribution in [2.75, 3.05) is 19.8 Å². The van der Waals surface area contributed by atoms with E-state index in [2.05, 4.69) is 32.2 Å². The average molecular weight is 281 g/mol. The lowest BCUT2D eigenvalue weighted by atomic mass is 9.99. The van der Waals surface area contributed by atoms with Gasteiger partial charge in [-0.25, -0.2) is 0 Å². The van der Waals surface area contributed by atoms with Crippen LogP contribution in [-0.4, -0.2) is 19.8 Å². The summed E-state index contributed by atoms with van der Waals surface area (Å²) in [4.78, 5) is 3.13. The first-order valence-electron chi connectivity index (χ1n) is 7.59. The van der Waals surface area contributed by atoms with Gasteiger partial charge in [-0.1, -0.05) is 13.8 Å². The smallest absolute Gasteiger partial charge is 0.0591 e. The van der Waals surface area contributed by atoms with Crippen molar-refractivity contribution in [1.29, 1.82) is 0 Å². The largest absolute Gasteiger partial charge is 0.380 e. The van der Waals surface area contributed by atoms with E-state index in [0.29, 0.717) is 12.0 Å². The van der Waals surface area contributed by atoms with Crippen molar-refractivity contribution in [3.05, 3.63) is 21.4 Å². The number of hydrogen-bond donors (Lipinski definition) is 1. The number of thiophene rings is 1. The standard InChI is InChI=1S/C16H27NOS/c1-12(2)11-18-9-8-17-13(3)16-10-14-6-4-5-7-15(14)19-16/h10,12-13,17H,4-9,11H2,1-3H3. The Hall–Kier alpha value is -0.380. The third-order valence-electron chi connectivity index (χ3n) is 3.59. The summed E-state index contributed by atoms with van der Waals surface area (Å²) in [6, 6.07) is 2.88. The molecule has 1 aromatic rings. The van der Waals surface area contributed by atoms with Gasteiger partial charge < -0.3 is 10.1 Å². The molecule has 108 valence electrons. The van der Waals surface area contributed by atoms with Crippen molar-refractivity contribution in [2.45, 2.75) is 52.5 Å². The molecule has 1 heterocycles. The summed E-state index contributed by atoms with van der Waals surface area (Å²) in [5.41, 5.74) is 1.61. The van der Waals surface area contributed by atoms with E-state index in [4.69, 9.17) is 4.74 Å². The SMILES string of the molecule is CC(C)COCCNC(C)c1cc2c(s1)CCCC2. The number of fused-ring (bicyclic) bond motifs is 1. The second kappa shape index (κ2) is 7.41. The molecule has 1 aromatic heterocycles. The minimum absolute atomic E-state index is 0.457. The maximum atomic E-state index is 5.60. The molecule has 0 aromatic carbocycles. The van der Waals surface area contributed by atoms with Crippen LogP contribution in [0.5, 0.6) is 0 Å². The number of nitrogens with one attached hydrogen (secondary N) is 1. The van der Waals surface area contributed by atoms with Gasteiger partial charge in [-0.2, -0.15) is 0 Å². The van der Waals surface area contributed by atoms with Crippen LogP contribution in [0.15, 0.2) is 6.07 Å². The highest BCUT2D eigenvalue weighted by molar-refractivity contribution is 7.12. The van der Waals surface area contributed by atoms with E-state index >= 15 is 0 Å². The minimum Gasteiger partial charge on any atom is -0.380 e. The van der Waals surface area contributed by atoms with Crippen molar-refractivity contribution >= 4 is 11.3 Å². The molecule has 2 rings (SSSR count). The van der Waals surface area contributed by atoms with Gasteiger partial charge in [0.25, 0.3) is 0 Å². The van der Waals surface area contributed by atoms with E-state index in [1.165, 1.54) is 30.6 Å². The fraction of sp³-hybridized carbons (Fsp3) is 0.750. The average Bonchev–Trinajstić information content (AvgIpc) is 2.81. The van der Waals surface area contributed by atoms with E-state index in [-0.39, 0.29) is 0 Å². The summed E-state index contributed by atoms with van der Waals surface area (Å²) >= 11 is 2.01. The molecule has 0 bridgehead atoms. The lowest BCUT2D eigenvalue weighted by molar-refractivity contribution is 0.110. The van der Waals surface area contributed by atoms with Gasteiger partial charge in [0, 0.05) is 28.9 Å². The van der Waals surface area contributed by atoms with E-state index in [9.17, 15) is 0 Å². The normalized spacial score (nSPS) is 16.6. The van der Waals surface area contributed by atoms with Crippen molar-refractivity contribution in [3.8, 4) is 0 Å². The van der Waals surface area contributed by atoms with E-state index in [1.807, 2.05) is 11.3 Å². The number of aryl methyl sites for hydroxylation is 2.